The highest BCUT2D eigenvalue weighted by Gasteiger charge is 2.17. The molecule has 0 radical (unpaired) electrons. The van der Waals surface area contributed by atoms with Crippen molar-refractivity contribution in [2.24, 2.45) is 0 Å². The number of nitrogens with one attached hydrogen (secondary N) is 1. The van der Waals surface area contributed by atoms with Crippen molar-refractivity contribution in [1.29, 1.82) is 0 Å². The van der Waals surface area contributed by atoms with Crippen LogP contribution in [0, 0.1) is 0 Å². The van der Waals surface area contributed by atoms with Crippen LogP contribution in [-0.2, 0) is 6.42 Å². The van der Waals surface area contributed by atoms with Crippen LogP contribution in [0.1, 0.15) is 32.5 Å². The SMILES string of the molecule is COc1cc(Br)c(CCNC(=O)c2ccc(C3SCCCS3)cc2)cc1OC. The number of carbonyl (C=O) groups excluding carboxylic acids is 1. The molecule has 1 heterocycles. The third-order valence-electron chi connectivity index (χ3n) is 4.50. The van der Waals surface area contributed by atoms with Crippen molar-refractivity contribution in [3.63, 3.8) is 0 Å². The minimum absolute atomic E-state index is 0.0490. The summed E-state index contributed by atoms with van der Waals surface area (Å²) in [4.78, 5) is 12.5. The van der Waals surface area contributed by atoms with E-state index in [-0.39, 0.29) is 5.91 Å². The van der Waals surface area contributed by atoms with Crippen LogP contribution in [0.3, 0.4) is 0 Å². The van der Waals surface area contributed by atoms with Gasteiger partial charge in [-0.1, -0.05) is 28.1 Å². The molecule has 2 aromatic carbocycles. The summed E-state index contributed by atoms with van der Waals surface area (Å²) in [5, 5.41) is 3.00. The lowest BCUT2D eigenvalue weighted by atomic mass is 10.1. The highest BCUT2D eigenvalue weighted by molar-refractivity contribution is 9.10. The van der Waals surface area contributed by atoms with E-state index in [1.807, 2.05) is 47.8 Å². The van der Waals surface area contributed by atoms with Gasteiger partial charge in [0.25, 0.3) is 5.91 Å². The second-order valence-electron chi connectivity index (χ2n) is 6.35. The number of halogens is 1. The van der Waals surface area contributed by atoms with Crippen LogP contribution in [-0.4, -0.2) is 38.2 Å². The molecular formula is C21H24BrNO3S2. The Morgan fingerprint density at radius 3 is 2.39 bits per heavy atom. The fourth-order valence-corrected chi connectivity index (χ4v) is 6.39. The summed E-state index contributed by atoms with van der Waals surface area (Å²) in [5.74, 6) is 3.74. The van der Waals surface area contributed by atoms with Crippen molar-refractivity contribution >= 4 is 45.4 Å². The van der Waals surface area contributed by atoms with E-state index in [9.17, 15) is 4.79 Å². The van der Waals surface area contributed by atoms with Gasteiger partial charge in [-0.15, -0.1) is 23.5 Å². The smallest absolute Gasteiger partial charge is 0.251 e. The molecule has 1 aliphatic rings. The zero-order valence-electron chi connectivity index (χ0n) is 16.0. The second kappa shape index (κ2) is 10.5. The lowest BCUT2D eigenvalue weighted by Crippen LogP contribution is -2.25. The molecule has 0 bridgehead atoms. The van der Waals surface area contributed by atoms with Gasteiger partial charge in [0, 0.05) is 16.6 Å². The molecule has 0 spiro atoms. The monoisotopic (exact) mass is 481 g/mol. The fourth-order valence-electron chi connectivity index (χ4n) is 2.97. The van der Waals surface area contributed by atoms with Crippen LogP contribution in [0.4, 0.5) is 0 Å². The van der Waals surface area contributed by atoms with Gasteiger partial charge in [-0.05, 0) is 59.7 Å². The predicted molar refractivity (Wildman–Crippen MR) is 122 cm³/mol. The van der Waals surface area contributed by atoms with Crippen LogP contribution < -0.4 is 14.8 Å². The quantitative estimate of drug-likeness (QED) is 0.580. The molecule has 0 saturated carbocycles. The predicted octanol–water partition coefficient (Wildman–Crippen LogP) is 5.31. The first-order chi connectivity index (χ1) is 13.6. The largest absolute Gasteiger partial charge is 0.493 e. The maximum absolute atomic E-state index is 12.5. The maximum atomic E-state index is 12.5. The van der Waals surface area contributed by atoms with E-state index in [0.717, 1.165) is 10.0 Å². The van der Waals surface area contributed by atoms with Crippen molar-refractivity contribution in [3.05, 3.63) is 57.6 Å². The van der Waals surface area contributed by atoms with E-state index in [4.69, 9.17) is 9.47 Å². The highest BCUT2D eigenvalue weighted by Crippen LogP contribution is 2.43. The number of hydrogen-bond donors (Lipinski definition) is 1. The summed E-state index contributed by atoms with van der Waals surface area (Å²) in [6.45, 7) is 0.545. The number of hydrogen-bond acceptors (Lipinski definition) is 5. The first-order valence-corrected chi connectivity index (χ1v) is 12.0. The normalized spacial score (nSPS) is 14.5. The van der Waals surface area contributed by atoms with Crippen LogP contribution in [0.5, 0.6) is 11.5 Å². The first-order valence-electron chi connectivity index (χ1n) is 9.14. The average molecular weight is 482 g/mol. The first kappa shape index (κ1) is 21.4. The van der Waals surface area contributed by atoms with E-state index in [1.165, 1.54) is 23.5 Å². The lowest BCUT2D eigenvalue weighted by Gasteiger charge is -2.21. The zero-order chi connectivity index (χ0) is 19.9. The van der Waals surface area contributed by atoms with Gasteiger partial charge in [-0.3, -0.25) is 4.79 Å². The third-order valence-corrected chi connectivity index (χ3v) is 8.26. The van der Waals surface area contributed by atoms with Gasteiger partial charge >= 0.3 is 0 Å². The van der Waals surface area contributed by atoms with Crippen molar-refractivity contribution < 1.29 is 14.3 Å². The van der Waals surface area contributed by atoms with Gasteiger partial charge in [0.05, 0.1) is 18.8 Å². The Hall–Kier alpha value is -1.31. The molecule has 150 valence electrons. The van der Waals surface area contributed by atoms with E-state index in [2.05, 4.69) is 33.4 Å². The van der Waals surface area contributed by atoms with E-state index in [1.54, 1.807) is 14.2 Å². The number of benzene rings is 2. The van der Waals surface area contributed by atoms with E-state index < -0.39 is 0 Å². The molecule has 0 aliphatic carbocycles. The van der Waals surface area contributed by atoms with Gasteiger partial charge in [0.2, 0.25) is 0 Å². The molecule has 4 nitrogen and oxygen atoms in total. The molecule has 28 heavy (non-hydrogen) atoms. The average Bonchev–Trinajstić information content (AvgIpc) is 2.75. The topological polar surface area (TPSA) is 47.6 Å². The summed E-state index contributed by atoms with van der Waals surface area (Å²) in [7, 11) is 3.23. The van der Waals surface area contributed by atoms with E-state index >= 15 is 0 Å². The van der Waals surface area contributed by atoms with E-state index in [0.29, 0.717) is 34.6 Å². The molecule has 0 unspecified atom stereocenters. The molecule has 0 atom stereocenters. The summed E-state index contributed by atoms with van der Waals surface area (Å²) >= 11 is 7.53. The van der Waals surface area contributed by atoms with Crippen molar-refractivity contribution in [2.45, 2.75) is 17.4 Å². The Labute approximate surface area is 183 Å². The molecule has 1 amide bonds. The second-order valence-corrected chi connectivity index (χ2v) is 9.93. The minimum Gasteiger partial charge on any atom is -0.493 e. The zero-order valence-corrected chi connectivity index (χ0v) is 19.2. The van der Waals surface area contributed by atoms with Gasteiger partial charge < -0.3 is 14.8 Å². The van der Waals surface area contributed by atoms with Crippen LogP contribution in [0.25, 0.3) is 0 Å². The number of ether oxygens (including phenoxy) is 2. The third kappa shape index (κ3) is 5.39. The Kier molecular flexibility index (Phi) is 8.00. The standard InChI is InChI=1S/C21H24BrNO3S2/c1-25-18-12-16(17(22)13-19(18)26-2)8-9-23-20(24)14-4-6-15(7-5-14)21-27-10-3-11-28-21/h4-7,12-13,21H,3,8-11H2,1-2H3,(H,23,24). The molecule has 1 aliphatic heterocycles. The lowest BCUT2D eigenvalue weighted by molar-refractivity contribution is 0.0954. The summed E-state index contributed by atoms with van der Waals surface area (Å²) in [6, 6.07) is 11.8. The Morgan fingerprint density at radius 2 is 1.75 bits per heavy atom. The minimum atomic E-state index is -0.0490. The van der Waals surface area contributed by atoms with Crippen LogP contribution in [0.15, 0.2) is 40.9 Å². The highest BCUT2D eigenvalue weighted by atomic mass is 79.9. The molecular weight excluding hydrogens is 458 g/mol. The Morgan fingerprint density at radius 1 is 1.11 bits per heavy atom. The summed E-state index contributed by atoms with van der Waals surface area (Å²) in [6.07, 6.45) is 1.97. The number of thioether (sulfide) groups is 2. The van der Waals surface area contributed by atoms with Crippen LogP contribution in [0.2, 0.25) is 0 Å². The molecule has 2 aromatic rings. The summed E-state index contributed by atoms with van der Waals surface area (Å²) < 4.78 is 12.1. The number of methoxy groups -OCH3 is 2. The molecule has 1 fully saturated rings. The van der Waals surface area contributed by atoms with Crippen molar-refractivity contribution in [3.8, 4) is 11.5 Å². The molecule has 7 heteroatoms. The fraction of sp³-hybridized carbons (Fsp3) is 0.381. The summed E-state index contributed by atoms with van der Waals surface area (Å²) in [5.41, 5.74) is 3.04. The Bertz CT molecular complexity index is 808. The number of carbonyl (C=O) groups is 1. The molecule has 1 saturated heterocycles. The molecule has 3 rings (SSSR count). The number of amides is 1. The molecule has 0 aromatic heterocycles. The van der Waals surface area contributed by atoms with Crippen molar-refractivity contribution in [2.75, 3.05) is 32.3 Å². The maximum Gasteiger partial charge on any atom is 0.251 e. The van der Waals surface area contributed by atoms with Gasteiger partial charge in [0.1, 0.15) is 0 Å². The van der Waals surface area contributed by atoms with Crippen molar-refractivity contribution in [1.82, 2.24) is 5.32 Å². The van der Waals surface area contributed by atoms with Gasteiger partial charge in [-0.25, -0.2) is 0 Å². The van der Waals surface area contributed by atoms with Crippen LogP contribution >= 0.6 is 39.5 Å². The Balaban J connectivity index is 1.55. The number of rotatable bonds is 7. The van der Waals surface area contributed by atoms with Gasteiger partial charge in [0.15, 0.2) is 11.5 Å². The van der Waals surface area contributed by atoms with Gasteiger partial charge in [-0.2, -0.15) is 0 Å². The molecule has 1 N–H and O–H groups in total.